The number of rotatable bonds is 1. The van der Waals surface area contributed by atoms with E-state index in [1.807, 2.05) is 13.8 Å². The third-order valence-corrected chi connectivity index (χ3v) is 1.23. The summed E-state index contributed by atoms with van der Waals surface area (Å²) in [6, 6.07) is 3.33. The molecule has 0 aliphatic heterocycles. The summed E-state index contributed by atoms with van der Waals surface area (Å²) in [6.07, 6.45) is 0. The lowest BCUT2D eigenvalue weighted by molar-refractivity contribution is 0.578. The first-order valence-electron chi connectivity index (χ1n) is 3.91. The number of hydrogen-bond donors (Lipinski definition) is 2. The van der Waals surface area contributed by atoms with Gasteiger partial charge in [-0.05, 0) is 12.1 Å². The summed E-state index contributed by atoms with van der Waals surface area (Å²) in [6.45, 7) is 4.00. The van der Waals surface area contributed by atoms with Crippen molar-refractivity contribution in [3.05, 3.63) is 35.4 Å². The zero-order valence-electron chi connectivity index (χ0n) is 7.57. The van der Waals surface area contributed by atoms with Gasteiger partial charge in [-0.25, -0.2) is 8.78 Å². The fraction of sp³-hybridized carbons (Fsp3) is 0.222. The van der Waals surface area contributed by atoms with Crippen LogP contribution in [0.4, 0.5) is 8.78 Å². The topological polar surface area (TPSA) is 49.9 Å². The molecule has 0 bridgehead atoms. The maximum atomic E-state index is 12.6. The van der Waals surface area contributed by atoms with E-state index in [-0.39, 0.29) is 0 Å². The van der Waals surface area contributed by atoms with Gasteiger partial charge in [0, 0.05) is 0 Å². The van der Waals surface area contributed by atoms with Crippen molar-refractivity contribution in [3.8, 4) is 0 Å². The second-order valence-corrected chi connectivity index (χ2v) is 2.01. The third-order valence-electron chi connectivity index (χ3n) is 1.23. The summed E-state index contributed by atoms with van der Waals surface area (Å²) >= 11 is 0. The van der Waals surface area contributed by atoms with Gasteiger partial charge in [0.15, 0.2) is 0 Å². The maximum Gasteiger partial charge on any atom is 0.137 e. The van der Waals surface area contributed by atoms with Gasteiger partial charge in [-0.1, -0.05) is 19.9 Å². The summed E-state index contributed by atoms with van der Waals surface area (Å²) in [5.74, 6) is -2.21. The molecule has 2 nitrogen and oxygen atoms in total. The molecule has 0 fully saturated rings. The fourth-order valence-corrected chi connectivity index (χ4v) is 0.755. The highest BCUT2D eigenvalue weighted by Gasteiger charge is 2.09. The average Bonchev–Trinajstić information content (AvgIpc) is 2.07. The SMILES string of the molecule is CC.N=C(N)c1c(F)cccc1F. The minimum absolute atomic E-state index is 0.465. The van der Waals surface area contributed by atoms with Crippen molar-refractivity contribution in [2.45, 2.75) is 13.8 Å². The van der Waals surface area contributed by atoms with Gasteiger partial charge in [0.1, 0.15) is 17.5 Å². The van der Waals surface area contributed by atoms with Gasteiger partial charge in [-0.15, -0.1) is 0 Å². The Labute approximate surface area is 75.9 Å². The second-order valence-electron chi connectivity index (χ2n) is 2.01. The fourth-order valence-electron chi connectivity index (χ4n) is 0.755. The Morgan fingerprint density at radius 2 is 1.62 bits per heavy atom. The Kier molecular flexibility index (Phi) is 4.66. The zero-order valence-corrected chi connectivity index (χ0v) is 7.57. The Balaban J connectivity index is 0.000000671. The van der Waals surface area contributed by atoms with Gasteiger partial charge in [-0.2, -0.15) is 0 Å². The number of nitrogen functional groups attached to an aromatic ring is 1. The van der Waals surface area contributed by atoms with E-state index >= 15 is 0 Å². The van der Waals surface area contributed by atoms with E-state index in [1.54, 1.807) is 0 Å². The normalized spacial score (nSPS) is 8.62. The van der Waals surface area contributed by atoms with E-state index in [4.69, 9.17) is 11.1 Å². The minimum Gasteiger partial charge on any atom is -0.384 e. The van der Waals surface area contributed by atoms with E-state index in [0.29, 0.717) is 0 Å². The summed E-state index contributed by atoms with van der Waals surface area (Å²) in [7, 11) is 0. The van der Waals surface area contributed by atoms with Gasteiger partial charge in [0.05, 0.1) is 5.56 Å². The molecule has 0 saturated carbocycles. The van der Waals surface area contributed by atoms with Crippen molar-refractivity contribution in [1.82, 2.24) is 0 Å². The van der Waals surface area contributed by atoms with Crippen molar-refractivity contribution < 1.29 is 8.78 Å². The summed E-state index contributed by atoms with van der Waals surface area (Å²) < 4.78 is 25.3. The Morgan fingerprint density at radius 3 is 1.85 bits per heavy atom. The lowest BCUT2D eigenvalue weighted by atomic mass is 10.2. The molecule has 0 amide bonds. The molecule has 0 saturated heterocycles. The number of nitrogens with two attached hydrogens (primary N) is 1. The molecule has 0 aliphatic rings. The van der Waals surface area contributed by atoms with Crippen LogP contribution in [0, 0.1) is 17.0 Å². The van der Waals surface area contributed by atoms with E-state index in [2.05, 4.69) is 0 Å². The molecule has 4 heteroatoms. The highest BCUT2D eigenvalue weighted by atomic mass is 19.1. The van der Waals surface area contributed by atoms with E-state index in [9.17, 15) is 8.78 Å². The van der Waals surface area contributed by atoms with Crippen LogP contribution in [0.15, 0.2) is 18.2 Å². The monoisotopic (exact) mass is 186 g/mol. The van der Waals surface area contributed by atoms with Gasteiger partial charge >= 0.3 is 0 Å². The molecule has 72 valence electrons. The van der Waals surface area contributed by atoms with Crippen LogP contribution in [0.5, 0.6) is 0 Å². The molecule has 3 N–H and O–H groups in total. The van der Waals surface area contributed by atoms with Gasteiger partial charge < -0.3 is 5.73 Å². The predicted molar refractivity (Wildman–Crippen MR) is 48.7 cm³/mol. The molecule has 0 aliphatic carbocycles. The second kappa shape index (κ2) is 5.24. The Morgan fingerprint density at radius 1 is 1.23 bits per heavy atom. The van der Waals surface area contributed by atoms with Crippen molar-refractivity contribution in [2.24, 2.45) is 5.73 Å². The van der Waals surface area contributed by atoms with Crippen LogP contribution in [0.25, 0.3) is 0 Å². The maximum absolute atomic E-state index is 12.6. The van der Waals surface area contributed by atoms with Crippen LogP contribution in [0.3, 0.4) is 0 Å². The van der Waals surface area contributed by atoms with Crippen LogP contribution in [0.2, 0.25) is 0 Å². The molecular weight excluding hydrogens is 174 g/mol. The summed E-state index contributed by atoms with van der Waals surface area (Å²) in [4.78, 5) is 0. The van der Waals surface area contributed by atoms with Gasteiger partial charge in [-0.3, -0.25) is 5.41 Å². The van der Waals surface area contributed by atoms with Crippen LogP contribution in [-0.2, 0) is 0 Å². The summed E-state index contributed by atoms with van der Waals surface area (Å²) in [5.41, 5.74) is 4.45. The molecular formula is C9H12F2N2. The molecule has 0 radical (unpaired) electrons. The number of hydrogen-bond acceptors (Lipinski definition) is 1. The first kappa shape index (κ1) is 11.6. The van der Waals surface area contributed by atoms with Crippen molar-refractivity contribution >= 4 is 5.84 Å². The predicted octanol–water partition coefficient (Wildman–Crippen LogP) is 2.28. The first-order chi connectivity index (χ1) is 6.13. The highest BCUT2D eigenvalue weighted by molar-refractivity contribution is 5.95. The molecule has 0 unspecified atom stereocenters. The lowest BCUT2D eigenvalue weighted by Gasteiger charge is -2.00. The van der Waals surface area contributed by atoms with Crippen LogP contribution < -0.4 is 5.73 Å². The van der Waals surface area contributed by atoms with Crippen molar-refractivity contribution in [2.75, 3.05) is 0 Å². The average molecular weight is 186 g/mol. The summed E-state index contributed by atoms with van der Waals surface area (Å²) in [5, 5.41) is 6.81. The molecule has 1 aromatic carbocycles. The van der Waals surface area contributed by atoms with E-state index in [0.717, 1.165) is 12.1 Å². The molecule has 13 heavy (non-hydrogen) atoms. The van der Waals surface area contributed by atoms with E-state index < -0.39 is 23.0 Å². The minimum atomic E-state index is -0.808. The third kappa shape index (κ3) is 2.82. The van der Waals surface area contributed by atoms with E-state index in [1.165, 1.54) is 6.07 Å². The number of nitrogens with one attached hydrogen (secondary N) is 1. The van der Waals surface area contributed by atoms with Crippen LogP contribution >= 0.6 is 0 Å². The smallest absolute Gasteiger partial charge is 0.137 e. The first-order valence-corrected chi connectivity index (χ1v) is 3.91. The van der Waals surface area contributed by atoms with Crippen LogP contribution in [0.1, 0.15) is 19.4 Å². The highest BCUT2D eigenvalue weighted by Crippen LogP contribution is 2.10. The van der Waals surface area contributed by atoms with Crippen molar-refractivity contribution in [3.63, 3.8) is 0 Å². The molecule has 0 aromatic heterocycles. The number of benzene rings is 1. The van der Waals surface area contributed by atoms with Gasteiger partial charge in [0.25, 0.3) is 0 Å². The molecule has 0 heterocycles. The zero-order chi connectivity index (χ0) is 10.4. The van der Waals surface area contributed by atoms with Crippen LogP contribution in [-0.4, -0.2) is 5.84 Å². The Hall–Kier alpha value is -1.45. The lowest BCUT2D eigenvalue weighted by Crippen LogP contribution is -2.15. The standard InChI is InChI=1S/C7H6F2N2.C2H6/c8-4-2-1-3-5(9)6(4)7(10)11;1-2/h1-3H,(H3,10,11);1-2H3. The molecule has 1 rings (SSSR count). The quantitative estimate of drug-likeness (QED) is 0.513. The molecule has 0 spiro atoms. The van der Waals surface area contributed by atoms with Gasteiger partial charge in [0.2, 0.25) is 0 Å². The molecule has 0 atom stereocenters. The number of amidine groups is 1. The molecule has 1 aromatic rings. The largest absolute Gasteiger partial charge is 0.384 e. The number of halogens is 2. The van der Waals surface area contributed by atoms with Crippen molar-refractivity contribution in [1.29, 1.82) is 5.41 Å². The Bertz CT molecular complexity index is 277.